The largest absolute Gasteiger partial charge is 0.348 e. The minimum atomic E-state index is -1.09. The first-order chi connectivity index (χ1) is 13.8. The molecule has 1 fully saturated rings. The van der Waals surface area contributed by atoms with Gasteiger partial charge < -0.3 is 10.2 Å². The van der Waals surface area contributed by atoms with Gasteiger partial charge >= 0.3 is 0 Å². The van der Waals surface area contributed by atoms with E-state index in [2.05, 4.69) is 5.32 Å². The lowest BCUT2D eigenvalue weighted by atomic mass is 10.1. The number of carbonyl (C=O) groups is 3. The third kappa shape index (κ3) is 3.48. The minimum Gasteiger partial charge on any atom is -0.348 e. The maximum Gasteiger partial charge on any atom is 0.267 e. The van der Waals surface area contributed by atoms with Crippen LogP contribution in [0.2, 0.25) is 0 Å². The SMILES string of the molecule is O=C(NCc1c(F)cc(F)cc1F)C1=CN2C(=CC1)CN1CN2C(=O)C=CC1=O. The highest BCUT2D eigenvalue weighted by Crippen LogP contribution is 2.27. The summed E-state index contributed by atoms with van der Waals surface area (Å²) >= 11 is 0. The predicted octanol–water partition coefficient (Wildman–Crippen LogP) is 1.31. The Labute approximate surface area is 163 Å². The molecule has 3 aliphatic heterocycles. The van der Waals surface area contributed by atoms with Crippen LogP contribution < -0.4 is 5.32 Å². The van der Waals surface area contributed by atoms with Crippen LogP contribution in [0.1, 0.15) is 12.0 Å². The van der Waals surface area contributed by atoms with Gasteiger partial charge in [0.05, 0.1) is 12.2 Å². The van der Waals surface area contributed by atoms with E-state index in [0.29, 0.717) is 17.8 Å². The topological polar surface area (TPSA) is 73.0 Å². The summed E-state index contributed by atoms with van der Waals surface area (Å²) in [6.45, 7) is -0.137. The second-order valence-corrected chi connectivity index (χ2v) is 6.68. The molecule has 4 rings (SSSR count). The summed E-state index contributed by atoms with van der Waals surface area (Å²) in [6.07, 6.45) is 5.74. The summed E-state index contributed by atoms with van der Waals surface area (Å²) in [5, 5.41) is 5.21. The molecule has 3 heterocycles. The van der Waals surface area contributed by atoms with Gasteiger partial charge in [0.1, 0.15) is 24.1 Å². The van der Waals surface area contributed by atoms with Crippen molar-refractivity contribution in [3.63, 3.8) is 0 Å². The molecule has 3 aliphatic rings. The maximum atomic E-state index is 13.7. The number of halogens is 3. The molecule has 150 valence electrons. The lowest BCUT2D eigenvalue weighted by molar-refractivity contribution is -0.149. The molecule has 1 aromatic carbocycles. The summed E-state index contributed by atoms with van der Waals surface area (Å²) in [5.74, 6) is -4.51. The van der Waals surface area contributed by atoms with Gasteiger partial charge in [-0.15, -0.1) is 0 Å². The fourth-order valence-corrected chi connectivity index (χ4v) is 3.27. The van der Waals surface area contributed by atoms with E-state index >= 15 is 0 Å². The number of rotatable bonds is 3. The molecular formula is C19H15F3N4O3. The van der Waals surface area contributed by atoms with E-state index in [1.54, 1.807) is 6.08 Å². The number of hydrogen-bond acceptors (Lipinski definition) is 4. The van der Waals surface area contributed by atoms with Crippen molar-refractivity contribution < 1.29 is 27.6 Å². The smallest absolute Gasteiger partial charge is 0.267 e. The Hall–Kier alpha value is -3.56. The summed E-state index contributed by atoms with van der Waals surface area (Å²) in [5.41, 5.74) is 0.471. The minimum absolute atomic E-state index is 0.0411. The lowest BCUT2D eigenvalue weighted by Gasteiger charge is -2.44. The van der Waals surface area contributed by atoms with Gasteiger partial charge in [0, 0.05) is 48.2 Å². The molecule has 0 radical (unpaired) electrons. The van der Waals surface area contributed by atoms with Crippen molar-refractivity contribution in [2.75, 3.05) is 13.2 Å². The van der Waals surface area contributed by atoms with Gasteiger partial charge in [-0.2, -0.15) is 0 Å². The zero-order valence-corrected chi connectivity index (χ0v) is 15.0. The van der Waals surface area contributed by atoms with Gasteiger partial charge in [-0.3, -0.25) is 19.4 Å². The van der Waals surface area contributed by atoms with Gasteiger partial charge in [0.2, 0.25) is 11.8 Å². The molecule has 1 N–H and O–H groups in total. The number of nitrogens with one attached hydrogen (secondary N) is 1. The molecule has 0 unspecified atom stereocenters. The number of hydrazine groups is 1. The quantitative estimate of drug-likeness (QED) is 0.825. The number of allylic oxidation sites excluding steroid dienone is 1. The van der Waals surface area contributed by atoms with Crippen LogP contribution in [0.25, 0.3) is 0 Å². The van der Waals surface area contributed by atoms with E-state index in [1.165, 1.54) is 27.2 Å². The number of fused-ring (bicyclic) bond motifs is 4. The van der Waals surface area contributed by atoms with Crippen molar-refractivity contribution >= 4 is 17.7 Å². The zero-order chi connectivity index (χ0) is 20.7. The van der Waals surface area contributed by atoms with Crippen molar-refractivity contribution in [1.82, 2.24) is 20.2 Å². The average molecular weight is 404 g/mol. The van der Waals surface area contributed by atoms with E-state index < -0.39 is 41.4 Å². The highest BCUT2D eigenvalue weighted by atomic mass is 19.1. The van der Waals surface area contributed by atoms with Crippen LogP contribution in [-0.2, 0) is 20.9 Å². The Morgan fingerprint density at radius 2 is 1.76 bits per heavy atom. The molecule has 1 aromatic rings. The van der Waals surface area contributed by atoms with Gasteiger partial charge in [0.15, 0.2) is 0 Å². The summed E-state index contributed by atoms with van der Waals surface area (Å²) in [4.78, 5) is 38.2. The van der Waals surface area contributed by atoms with Crippen molar-refractivity contribution in [3.05, 3.63) is 70.8 Å². The molecule has 0 atom stereocenters. The van der Waals surface area contributed by atoms with Crippen LogP contribution in [0.5, 0.6) is 0 Å². The Morgan fingerprint density at radius 1 is 1.07 bits per heavy atom. The monoisotopic (exact) mass is 404 g/mol. The number of hydrogen-bond donors (Lipinski definition) is 1. The summed E-state index contributed by atoms with van der Waals surface area (Å²) in [6, 6.07) is 1.08. The Bertz CT molecular complexity index is 995. The molecule has 3 amide bonds. The molecule has 0 saturated carbocycles. The highest BCUT2D eigenvalue weighted by Gasteiger charge is 2.35. The Morgan fingerprint density at radius 3 is 2.48 bits per heavy atom. The van der Waals surface area contributed by atoms with E-state index in [9.17, 15) is 27.6 Å². The van der Waals surface area contributed by atoms with Crippen molar-refractivity contribution in [3.8, 4) is 0 Å². The molecule has 1 saturated heterocycles. The molecule has 0 aliphatic carbocycles. The Balaban J connectivity index is 1.50. The number of amides is 3. The standard InChI is InChI=1S/C19H15F3N4O3/c20-12-5-15(21)14(16(22)6-12)7-23-19(29)11-1-2-13-9-24-10-26(25(13)8-11)18(28)4-3-17(24)27/h2-6,8H,1,7,9-10H2,(H,23,29). The maximum absolute atomic E-state index is 13.7. The highest BCUT2D eigenvalue weighted by molar-refractivity contribution is 5.99. The molecule has 0 aromatic heterocycles. The van der Waals surface area contributed by atoms with Crippen molar-refractivity contribution in [2.45, 2.75) is 13.0 Å². The van der Waals surface area contributed by atoms with Crippen LogP contribution in [0.15, 0.2) is 47.8 Å². The van der Waals surface area contributed by atoms with Crippen LogP contribution in [0.4, 0.5) is 13.2 Å². The lowest BCUT2D eigenvalue weighted by Crippen LogP contribution is -2.55. The zero-order valence-electron chi connectivity index (χ0n) is 15.0. The summed E-state index contributed by atoms with van der Waals surface area (Å²) < 4.78 is 40.5. The van der Waals surface area contributed by atoms with Gasteiger partial charge in [0.25, 0.3) is 5.91 Å². The van der Waals surface area contributed by atoms with Gasteiger partial charge in [-0.25, -0.2) is 18.2 Å². The number of benzene rings is 1. The third-order valence-corrected chi connectivity index (χ3v) is 4.81. The first kappa shape index (κ1) is 18.8. The number of carbonyl (C=O) groups excluding carboxylic acids is 3. The number of nitrogens with zero attached hydrogens (tertiary/aromatic N) is 3. The molecule has 0 spiro atoms. The van der Waals surface area contributed by atoms with Gasteiger partial charge in [-0.1, -0.05) is 6.08 Å². The molecule has 29 heavy (non-hydrogen) atoms. The molecule has 2 bridgehead atoms. The fourth-order valence-electron chi connectivity index (χ4n) is 3.27. The average Bonchev–Trinajstić information content (AvgIpc) is 2.79. The second kappa shape index (κ2) is 7.12. The van der Waals surface area contributed by atoms with Crippen molar-refractivity contribution in [1.29, 1.82) is 0 Å². The molecular weight excluding hydrogens is 389 g/mol. The van der Waals surface area contributed by atoms with Crippen LogP contribution in [0, 0.1) is 17.5 Å². The van der Waals surface area contributed by atoms with Crippen LogP contribution in [-0.4, -0.2) is 45.9 Å². The summed E-state index contributed by atoms with van der Waals surface area (Å²) in [7, 11) is 0. The van der Waals surface area contributed by atoms with Crippen molar-refractivity contribution in [2.24, 2.45) is 0 Å². The van der Waals surface area contributed by atoms with Crippen LogP contribution >= 0.6 is 0 Å². The van der Waals surface area contributed by atoms with Gasteiger partial charge in [-0.05, 0) is 6.42 Å². The molecule has 10 heteroatoms. The Kier molecular flexibility index (Phi) is 4.61. The predicted molar refractivity (Wildman–Crippen MR) is 93.4 cm³/mol. The van der Waals surface area contributed by atoms with E-state index in [4.69, 9.17) is 0 Å². The van der Waals surface area contributed by atoms with E-state index in [-0.39, 0.29) is 31.1 Å². The van der Waals surface area contributed by atoms with E-state index in [1.807, 2.05) is 0 Å². The fraction of sp³-hybridized carbons (Fsp3) is 0.211. The first-order valence-corrected chi connectivity index (χ1v) is 8.72. The van der Waals surface area contributed by atoms with Crippen LogP contribution in [0.3, 0.4) is 0 Å². The van der Waals surface area contributed by atoms with E-state index in [0.717, 1.165) is 6.08 Å². The molecule has 7 nitrogen and oxygen atoms in total. The third-order valence-electron chi connectivity index (χ3n) is 4.81. The first-order valence-electron chi connectivity index (χ1n) is 8.72. The normalized spacial score (nSPS) is 18.2. The second-order valence-electron chi connectivity index (χ2n) is 6.68.